The maximum Gasteiger partial charge on any atom is 0.293 e. The summed E-state index contributed by atoms with van der Waals surface area (Å²) in [6.45, 7) is 7.24. The minimum absolute atomic E-state index is 0.00691. The van der Waals surface area contributed by atoms with E-state index in [1.165, 1.54) is 23.5 Å². The molecule has 3 aromatic rings. The van der Waals surface area contributed by atoms with Crippen LogP contribution in [-0.2, 0) is 14.8 Å². The Hall–Kier alpha value is -3.41. The third-order valence-corrected chi connectivity index (χ3v) is 9.66. The molecule has 0 atom stereocenters. The van der Waals surface area contributed by atoms with Crippen molar-refractivity contribution < 1.29 is 22.8 Å². The minimum atomic E-state index is -3.99. The molecule has 0 radical (unpaired) electrons. The molecule has 11 heteroatoms. The molecule has 0 spiro atoms. The number of thiophene rings is 1. The number of hydrogen-bond acceptors (Lipinski definition) is 7. The second-order valence-corrected chi connectivity index (χ2v) is 12.4. The highest BCUT2D eigenvalue weighted by Gasteiger charge is 2.34. The smallest absolute Gasteiger partial charge is 0.293 e. The SMILES string of the molecule is Cc1cc(C)c(C)c(S(=O)(=O)Nc2ccccc2C(=O)NCCN2C(=O)SC(=Cc3cccs3)C2=O)c1C. The number of carbonyl (C=O) groups excluding carboxylic acids is 3. The number of rotatable bonds is 8. The summed E-state index contributed by atoms with van der Waals surface area (Å²) in [6, 6.07) is 12.0. The van der Waals surface area contributed by atoms with Crippen LogP contribution in [0.4, 0.5) is 10.5 Å². The molecule has 8 nitrogen and oxygen atoms in total. The molecular formula is C27H27N3O5S3. The third-order valence-electron chi connectivity index (χ3n) is 6.29. The Balaban J connectivity index is 1.46. The van der Waals surface area contributed by atoms with Gasteiger partial charge >= 0.3 is 0 Å². The lowest BCUT2D eigenvalue weighted by Gasteiger charge is -2.18. The van der Waals surface area contributed by atoms with Gasteiger partial charge in [0.15, 0.2) is 0 Å². The number of anilines is 1. The van der Waals surface area contributed by atoms with Crippen molar-refractivity contribution in [3.05, 3.63) is 85.4 Å². The van der Waals surface area contributed by atoms with Crippen LogP contribution in [0.15, 0.2) is 57.6 Å². The summed E-state index contributed by atoms with van der Waals surface area (Å²) in [5, 5.41) is 4.17. The predicted molar refractivity (Wildman–Crippen MR) is 152 cm³/mol. The molecule has 0 unspecified atom stereocenters. The third kappa shape index (κ3) is 5.69. The molecule has 1 saturated heterocycles. The van der Waals surface area contributed by atoms with Crippen molar-refractivity contribution in [1.82, 2.24) is 10.2 Å². The van der Waals surface area contributed by atoms with Crippen LogP contribution >= 0.6 is 23.1 Å². The molecule has 1 aromatic heterocycles. The highest BCUT2D eigenvalue weighted by Crippen LogP contribution is 2.33. The normalized spacial score (nSPS) is 14.8. The van der Waals surface area contributed by atoms with Gasteiger partial charge in [-0.25, -0.2) is 8.42 Å². The molecule has 0 aliphatic carbocycles. The number of sulfonamides is 1. The van der Waals surface area contributed by atoms with Crippen LogP contribution in [0.3, 0.4) is 0 Å². The van der Waals surface area contributed by atoms with Crippen LogP contribution < -0.4 is 10.0 Å². The van der Waals surface area contributed by atoms with E-state index >= 15 is 0 Å². The zero-order valence-corrected chi connectivity index (χ0v) is 23.8. The molecule has 2 N–H and O–H groups in total. The van der Waals surface area contributed by atoms with Crippen molar-refractivity contribution in [3.63, 3.8) is 0 Å². The summed E-state index contributed by atoms with van der Waals surface area (Å²) in [5.74, 6) is -0.937. The molecule has 0 bridgehead atoms. The van der Waals surface area contributed by atoms with Gasteiger partial charge in [0.2, 0.25) is 0 Å². The van der Waals surface area contributed by atoms with Crippen molar-refractivity contribution in [2.24, 2.45) is 0 Å². The molecule has 2 heterocycles. The van der Waals surface area contributed by atoms with Crippen molar-refractivity contribution in [1.29, 1.82) is 0 Å². The Morgan fingerprint density at radius 3 is 2.34 bits per heavy atom. The van der Waals surface area contributed by atoms with E-state index in [9.17, 15) is 22.8 Å². The second kappa shape index (κ2) is 11.1. The van der Waals surface area contributed by atoms with E-state index in [-0.39, 0.29) is 29.2 Å². The first-order chi connectivity index (χ1) is 18.0. The van der Waals surface area contributed by atoms with Crippen molar-refractivity contribution in [3.8, 4) is 0 Å². The number of nitrogens with one attached hydrogen (secondary N) is 2. The molecule has 2 aromatic carbocycles. The molecule has 4 rings (SSSR count). The van der Waals surface area contributed by atoms with Gasteiger partial charge in [-0.05, 0) is 91.4 Å². The first-order valence-corrected chi connectivity index (χ1v) is 14.9. The number of benzene rings is 2. The van der Waals surface area contributed by atoms with Crippen molar-refractivity contribution in [2.75, 3.05) is 17.8 Å². The van der Waals surface area contributed by atoms with Crippen LogP contribution in [-0.4, -0.2) is 43.5 Å². The van der Waals surface area contributed by atoms with Gasteiger partial charge in [-0.2, -0.15) is 0 Å². The molecule has 38 heavy (non-hydrogen) atoms. The maximum absolute atomic E-state index is 13.4. The zero-order chi connectivity index (χ0) is 27.6. The Morgan fingerprint density at radius 2 is 1.68 bits per heavy atom. The van der Waals surface area contributed by atoms with Crippen molar-refractivity contribution >= 4 is 61.9 Å². The van der Waals surface area contributed by atoms with Crippen molar-refractivity contribution in [2.45, 2.75) is 32.6 Å². The molecule has 0 saturated carbocycles. The van der Waals surface area contributed by atoms with Gasteiger partial charge in [0.1, 0.15) is 0 Å². The Morgan fingerprint density at radius 1 is 1.00 bits per heavy atom. The summed E-state index contributed by atoms with van der Waals surface area (Å²) in [4.78, 5) is 40.5. The molecule has 1 aliphatic rings. The maximum atomic E-state index is 13.4. The van der Waals surface area contributed by atoms with Crippen LogP contribution in [0.5, 0.6) is 0 Å². The monoisotopic (exact) mass is 569 g/mol. The number of nitrogens with zero attached hydrogens (tertiary/aromatic N) is 1. The van der Waals surface area contributed by atoms with Gasteiger partial charge in [0, 0.05) is 18.0 Å². The van der Waals surface area contributed by atoms with E-state index in [1.54, 1.807) is 32.1 Å². The molecular weight excluding hydrogens is 543 g/mol. The number of carbonyl (C=O) groups is 3. The van der Waals surface area contributed by atoms with E-state index in [0.717, 1.165) is 32.7 Å². The number of hydrogen-bond donors (Lipinski definition) is 2. The fourth-order valence-electron chi connectivity index (χ4n) is 4.12. The summed E-state index contributed by atoms with van der Waals surface area (Å²) in [6.07, 6.45) is 1.68. The molecule has 1 aliphatic heterocycles. The average Bonchev–Trinajstić information content (AvgIpc) is 3.46. The first-order valence-electron chi connectivity index (χ1n) is 11.8. The zero-order valence-electron chi connectivity index (χ0n) is 21.3. The van der Waals surface area contributed by atoms with Gasteiger partial charge < -0.3 is 5.32 Å². The Bertz CT molecular complexity index is 1530. The average molecular weight is 570 g/mol. The first kappa shape index (κ1) is 27.6. The van der Waals surface area contributed by atoms with Crippen LogP contribution in [0.1, 0.15) is 37.5 Å². The van der Waals surface area contributed by atoms with E-state index in [4.69, 9.17) is 0 Å². The number of aryl methyl sites for hydroxylation is 2. The summed E-state index contributed by atoms with van der Waals surface area (Å²) < 4.78 is 29.4. The minimum Gasteiger partial charge on any atom is -0.350 e. The number of para-hydroxylation sites is 1. The number of amides is 3. The fraction of sp³-hybridized carbons (Fsp3) is 0.222. The Labute approximate surface area is 230 Å². The molecule has 3 amide bonds. The Kier molecular flexibility index (Phi) is 8.10. The summed E-state index contributed by atoms with van der Waals surface area (Å²) >= 11 is 2.32. The number of thioether (sulfide) groups is 1. The highest BCUT2D eigenvalue weighted by atomic mass is 32.2. The van der Waals surface area contributed by atoms with Crippen LogP contribution in [0.2, 0.25) is 0 Å². The van der Waals surface area contributed by atoms with E-state index < -0.39 is 27.1 Å². The lowest BCUT2D eigenvalue weighted by atomic mass is 10.0. The second-order valence-electron chi connectivity index (χ2n) is 8.85. The topological polar surface area (TPSA) is 113 Å². The van der Waals surface area contributed by atoms with Gasteiger partial charge in [-0.1, -0.05) is 24.3 Å². The fourth-order valence-corrected chi connectivity index (χ4v) is 7.41. The van der Waals surface area contributed by atoms with Gasteiger partial charge in [-0.3, -0.25) is 24.0 Å². The summed E-state index contributed by atoms with van der Waals surface area (Å²) in [5.41, 5.74) is 3.27. The van der Waals surface area contributed by atoms with E-state index in [0.29, 0.717) is 16.0 Å². The molecule has 1 fully saturated rings. The van der Waals surface area contributed by atoms with Gasteiger partial charge in [0.25, 0.3) is 27.1 Å². The largest absolute Gasteiger partial charge is 0.350 e. The van der Waals surface area contributed by atoms with Gasteiger partial charge in [0.05, 0.1) is 21.1 Å². The van der Waals surface area contributed by atoms with Gasteiger partial charge in [-0.15, -0.1) is 11.3 Å². The van der Waals surface area contributed by atoms with Crippen LogP contribution in [0, 0.1) is 27.7 Å². The van der Waals surface area contributed by atoms with E-state index in [1.807, 2.05) is 37.4 Å². The lowest BCUT2D eigenvalue weighted by molar-refractivity contribution is -0.122. The number of imide groups is 1. The predicted octanol–water partition coefficient (Wildman–Crippen LogP) is 5.25. The summed E-state index contributed by atoms with van der Waals surface area (Å²) in [7, 11) is -3.99. The van der Waals surface area contributed by atoms with E-state index in [2.05, 4.69) is 10.0 Å². The lowest BCUT2D eigenvalue weighted by Crippen LogP contribution is -2.37. The highest BCUT2D eigenvalue weighted by molar-refractivity contribution is 8.18. The standard InChI is InChI=1S/C27H27N3O5S3/c1-16-14-17(2)19(4)24(18(16)3)38(34,35)29-22-10-6-5-9-21(22)25(31)28-11-12-30-26(32)23(37-27(30)33)15-20-8-7-13-36-20/h5-10,13-15,29H,11-12H2,1-4H3,(H,28,31). The van der Waals surface area contributed by atoms with Crippen LogP contribution in [0.25, 0.3) is 6.08 Å². The quantitative estimate of drug-likeness (QED) is 0.359. The molecule has 198 valence electrons.